The van der Waals surface area contributed by atoms with Gasteiger partial charge in [-0.1, -0.05) is 42.5 Å². The predicted octanol–water partition coefficient (Wildman–Crippen LogP) is 4.38. The quantitative estimate of drug-likeness (QED) is 0.490. The predicted molar refractivity (Wildman–Crippen MR) is 125 cm³/mol. The smallest absolute Gasteiger partial charge is 0.274 e. The van der Waals surface area contributed by atoms with Crippen molar-refractivity contribution in [2.24, 2.45) is 0 Å². The van der Waals surface area contributed by atoms with Gasteiger partial charge in [0.15, 0.2) is 5.69 Å². The normalized spacial score (nSPS) is 11.2. The van der Waals surface area contributed by atoms with Gasteiger partial charge in [-0.2, -0.15) is 5.10 Å². The van der Waals surface area contributed by atoms with E-state index in [-0.39, 0.29) is 23.2 Å². The molecule has 0 radical (unpaired) electrons. The lowest BCUT2D eigenvalue weighted by atomic mass is 10.1. The van der Waals surface area contributed by atoms with E-state index in [1.807, 2.05) is 26.8 Å². The summed E-state index contributed by atoms with van der Waals surface area (Å²) in [6.07, 6.45) is 0.698. The Kier molecular flexibility index (Phi) is 5.95. The average molecular weight is 433 g/mol. The number of nitrogens with one attached hydrogen (secondary N) is 1. The molecular formula is C24H24N4O2S. The van der Waals surface area contributed by atoms with Gasteiger partial charge in [0.25, 0.3) is 11.5 Å². The molecule has 2 heterocycles. The molecule has 4 rings (SSSR count). The first-order valence-electron chi connectivity index (χ1n) is 10.2. The van der Waals surface area contributed by atoms with Crippen LogP contribution in [0.4, 0.5) is 0 Å². The Hall–Kier alpha value is -3.32. The van der Waals surface area contributed by atoms with Crippen molar-refractivity contribution in [3.05, 3.63) is 80.5 Å². The monoisotopic (exact) mass is 432 g/mol. The van der Waals surface area contributed by atoms with Crippen LogP contribution in [-0.4, -0.2) is 27.2 Å². The Morgan fingerprint density at radius 3 is 2.45 bits per heavy atom. The van der Waals surface area contributed by atoms with Gasteiger partial charge in [-0.3, -0.25) is 9.59 Å². The lowest BCUT2D eigenvalue weighted by Crippen LogP contribution is -2.32. The Morgan fingerprint density at radius 2 is 1.81 bits per heavy atom. The van der Waals surface area contributed by atoms with Crippen molar-refractivity contribution < 1.29 is 4.79 Å². The van der Waals surface area contributed by atoms with E-state index in [2.05, 4.69) is 45.0 Å². The van der Waals surface area contributed by atoms with Crippen LogP contribution in [0, 0.1) is 6.92 Å². The minimum absolute atomic E-state index is 0.135. The molecule has 1 amide bonds. The van der Waals surface area contributed by atoms with Gasteiger partial charge in [0.05, 0.1) is 22.1 Å². The minimum atomic E-state index is -0.278. The highest BCUT2D eigenvalue weighted by molar-refractivity contribution is 7.09. The van der Waals surface area contributed by atoms with Gasteiger partial charge in [0.1, 0.15) is 0 Å². The van der Waals surface area contributed by atoms with Crippen LogP contribution >= 0.6 is 11.3 Å². The standard InChI is InChI=1S/C24H24N4O2S/c1-15(2)28-24(30)20-7-5-4-6-19(20)22(27-28)23(29)25-13-12-17-8-10-18(11-9-17)21-14-31-16(3)26-21/h4-11,14-15H,12-13H2,1-3H3,(H,25,29). The zero-order valence-electron chi connectivity index (χ0n) is 17.8. The molecule has 31 heavy (non-hydrogen) atoms. The van der Waals surface area contributed by atoms with Gasteiger partial charge in [0, 0.05) is 22.9 Å². The summed E-state index contributed by atoms with van der Waals surface area (Å²) in [4.78, 5) is 30.0. The van der Waals surface area contributed by atoms with E-state index < -0.39 is 0 Å². The van der Waals surface area contributed by atoms with Crippen molar-refractivity contribution in [3.8, 4) is 11.3 Å². The molecule has 0 aliphatic carbocycles. The summed E-state index contributed by atoms with van der Waals surface area (Å²) in [7, 11) is 0. The first-order valence-corrected chi connectivity index (χ1v) is 11.1. The second-order valence-electron chi connectivity index (χ2n) is 7.69. The summed E-state index contributed by atoms with van der Waals surface area (Å²) >= 11 is 1.64. The third kappa shape index (κ3) is 4.41. The van der Waals surface area contributed by atoms with Gasteiger partial charge >= 0.3 is 0 Å². The molecule has 0 bridgehead atoms. The molecule has 0 spiro atoms. The summed E-state index contributed by atoms with van der Waals surface area (Å²) in [6.45, 7) is 6.23. The van der Waals surface area contributed by atoms with E-state index in [9.17, 15) is 9.59 Å². The van der Waals surface area contributed by atoms with Crippen LogP contribution in [0.2, 0.25) is 0 Å². The highest BCUT2D eigenvalue weighted by Crippen LogP contribution is 2.22. The largest absolute Gasteiger partial charge is 0.350 e. The number of carbonyl (C=O) groups is 1. The Morgan fingerprint density at radius 1 is 1.10 bits per heavy atom. The van der Waals surface area contributed by atoms with E-state index >= 15 is 0 Å². The molecule has 0 unspecified atom stereocenters. The van der Waals surface area contributed by atoms with Gasteiger partial charge < -0.3 is 5.32 Å². The molecule has 158 valence electrons. The van der Waals surface area contributed by atoms with Crippen LogP contribution in [-0.2, 0) is 6.42 Å². The van der Waals surface area contributed by atoms with Crippen molar-refractivity contribution in [1.29, 1.82) is 0 Å². The number of fused-ring (bicyclic) bond motifs is 1. The fourth-order valence-corrected chi connectivity index (χ4v) is 4.09. The SMILES string of the molecule is Cc1nc(-c2ccc(CCNC(=O)c3nn(C(C)C)c(=O)c4ccccc34)cc2)cs1. The molecular weight excluding hydrogens is 408 g/mol. The van der Waals surface area contributed by atoms with Crippen LogP contribution in [0.25, 0.3) is 22.0 Å². The van der Waals surface area contributed by atoms with E-state index in [0.717, 1.165) is 21.8 Å². The van der Waals surface area contributed by atoms with Gasteiger partial charge in [-0.25, -0.2) is 9.67 Å². The number of benzene rings is 2. The van der Waals surface area contributed by atoms with Crippen LogP contribution in [0.15, 0.2) is 58.7 Å². The molecule has 4 aromatic rings. The Labute approximate surface area is 184 Å². The molecule has 0 atom stereocenters. The molecule has 0 aliphatic heterocycles. The van der Waals surface area contributed by atoms with Crippen molar-refractivity contribution in [3.63, 3.8) is 0 Å². The molecule has 0 fully saturated rings. The second-order valence-corrected chi connectivity index (χ2v) is 8.75. The Balaban J connectivity index is 1.47. The minimum Gasteiger partial charge on any atom is -0.350 e. The second kappa shape index (κ2) is 8.81. The topological polar surface area (TPSA) is 76.9 Å². The summed E-state index contributed by atoms with van der Waals surface area (Å²) in [6, 6.07) is 15.2. The molecule has 1 N–H and O–H groups in total. The molecule has 0 saturated heterocycles. The van der Waals surface area contributed by atoms with Crippen LogP contribution in [0.5, 0.6) is 0 Å². The van der Waals surface area contributed by atoms with Crippen molar-refractivity contribution in [2.45, 2.75) is 33.2 Å². The summed E-state index contributed by atoms with van der Waals surface area (Å²) in [5.74, 6) is -0.278. The fraction of sp³-hybridized carbons (Fsp3) is 0.250. The number of thiazole rings is 1. The highest BCUT2D eigenvalue weighted by atomic mass is 32.1. The molecule has 6 nitrogen and oxygen atoms in total. The van der Waals surface area contributed by atoms with Gasteiger partial charge in [-0.05, 0) is 38.8 Å². The first-order chi connectivity index (χ1) is 14.9. The maximum Gasteiger partial charge on any atom is 0.274 e. The van der Waals surface area contributed by atoms with Crippen molar-refractivity contribution >= 4 is 28.0 Å². The third-order valence-corrected chi connectivity index (χ3v) is 5.87. The zero-order chi connectivity index (χ0) is 22.0. The number of hydrogen-bond acceptors (Lipinski definition) is 5. The Bertz CT molecular complexity index is 1290. The van der Waals surface area contributed by atoms with E-state index in [1.165, 1.54) is 4.68 Å². The third-order valence-electron chi connectivity index (χ3n) is 5.10. The average Bonchev–Trinajstić information content (AvgIpc) is 3.20. The van der Waals surface area contributed by atoms with Crippen LogP contribution in [0.1, 0.15) is 40.9 Å². The number of rotatable bonds is 6. The number of carbonyl (C=O) groups excluding carboxylic acids is 1. The molecule has 2 aromatic carbocycles. The first kappa shape index (κ1) is 20.9. The zero-order valence-corrected chi connectivity index (χ0v) is 18.6. The fourth-order valence-electron chi connectivity index (χ4n) is 3.47. The van der Waals surface area contributed by atoms with Gasteiger partial charge in [0.2, 0.25) is 0 Å². The molecule has 0 saturated carbocycles. The summed E-state index contributed by atoms with van der Waals surface area (Å²) < 4.78 is 1.37. The van der Waals surface area contributed by atoms with Crippen LogP contribution in [0.3, 0.4) is 0 Å². The number of aryl methyl sites for hydroxylation is 1. The maximum absolute atomic E-state index is 12.9. The summed E-state index contributed by atoms with van der Waals surface area (Å²) in [5, 5.41) is 11.5. The maximum atomic E-state index is 12.9. The molecule has 0 aliphatic rings. The lowest BCUT2D eigenvalue weighted by molar-refractivity contribution is 0.0948. The van der Waals surface area contributed by atoms with Crippen LogP contribution < -0.4 is 10.9 Å². The van der Waals surface area contributed by atoms with Crippen molar-refractivity contribution in [2.75, 3.05) is 6.54 Å². The van der Waals surface area contributed by atoms with Gasteiger partial charge in [-0.15, -0.1) is 11.3 Å². The van der Waals surface area contributed by atoms with Crippen molar-refractivity contribution in [1.82, 2.24) is 20.1 Å². The lowest BCUT2D eigenvalue weighted by Gasteiger charge is -2.13. The number of hydrogen-bond donors (Lipinski definition) is 1. The highest BCUT2D eigenvalue weighted by Gasteiger charge is 2.17. The number of amides is 1. The van der Waals surface area contributed by atoms with E-state index in [1.54, 1.807) is 29.5 Å². The summed E-state index contributed by atoms with van der Waals surface area (Å²) in [5.41, 5.74) is 3.29. The van der Waals surface area contributed by atoms with E-state index in [0.29, 0.717) is 23.7 Å². The molecule has 2 aromatic heterocycles. The van der Waals surface area contributed by atoms with E-state index in [4.69, 9.17) is 0 Å². The molecule has 7 heteroatoms. The number of nitrogens with zero attached hydrogens (tertiary/aromatic N) is 3. The number of aromatic nitrogens is 3.